The van der Waals surface area contributed by atoms with Gasteiger partial charge in [0.05, 0.1) is 25.4 Å². The Labute approximate surface area is 255 Å². The molecule has 234 valence electrons. The van der Waals surface area contributed by atoms with E-state index in [1.54, 1.807) is 0 Å². The minimum atomic E-state index is -2.05. The summed E-state index contributed by atoms with van der Waals surface area (Å²) in [7, 11) is -2.05. The van der Waals surface area contributed by atoms with Crippen LogP contribution in [0.4, 0.5) is 0 Å². The van der Waals surface area contributed by atoms with E-state index in [0.717, 1.165) is 82.5 Å². The minimum Gasteiger partial charge on any atom is -0.493 e. The molecule has 2 saturated heterocycles. The second kappa shape index (κ2) is 15.8. The van der Waals surface area contributed by atoms with E-state index in [4.69, 9.17) is 34.5 Å². The molecule has 0 bridgehead atoms. The molecule has 2 heterocycles. The van der Waals surface area contributed by atoms with Crippen LogP contribution in [0.25, 0.3) is 0 Å². The van der Waals surface area contributed by atoms with Crippen molar-refractivity contribution in [1.82, 2.24) is 0 Å². The molecule has 1 saturated carbocycles. The van der Waals surface area contributed by atoms with Crippen molar-refractivity contribution in [3.8, 4) is 18.1 Å². The molecule has 0 amide bonds. The summed E-state index contributed by atoms with van der Waals surface area (Å²) in [6.07, 6.45) is 16.8. The number of benzene rings is 1. The lowest BCUT2D eigenvalue weighted by Gasteiger charge is -2.40. The van der Waals surface area contributed by atoms with Gasteiger partial charge >= 0.3 is 0 Å². The second-order valence-corrected chi connectivity index (χ2v) is 18.3. The molecular formula is C35H54O6Si. The van der Waals surface area contributed by atoms with Crippen molar-refractivity contribution >= 4 is 8.32 Å². The fourth-order valence-corrected chi connectivity index (χ4v) is 7.41. The van der Waals surface area contributed by atoms with Gasteiger partial charge in [-0.15, -0.1) is 12.3 Å². The zero-order valence-electron chi connectivity index (χ0n) is 26.6. The highest BCUT2D eigenvalue weighted by molar-refractivity contribution is 6.74. The lowest BCUT2D eigenvalue weighted by Crippen LogP contribution is -2.45. The first-order valence-corrected chi connectivity index (χ1v) is 19.1. The van der Waals surface area contributed by atoms with Gasteiger partial charge in [-0.1, -0.05) is 39.0 Å². The van der Waals surface area contributed by atoms with Gasteiger partial charge in [-0.05, 0) is 87.2 Å². The van der Waals surface area contributed by atoms with Crippen LogP contribution >= 0.6 is 0 Å². The Morgan fingerprint density at radius 2 is 1.69 bits per heavy atom. The fraction of sp³-hybridized carbons (Fsp3) is 0.714. The standard InChI is InChI=1S/C35H54O6Si/c1-7-8-19-28-30(41-42(5,6)35(2,3)4)26-31(40-33-22-13-15-24-38-33)34(28)29(39-32-21-12-14-23-37-32)20-16-25-36-27-17-10-9-11-18-27/h1,9-11,17-18,20,28,30-34H,8,12-16,19,21-26H2,2-6H3/t28-,30-,31-,32?,33?,34-/m1/s1. The average Bonchev–Trinajstić information content (AvgIpc) is 3.29. The van der Waals surface area contributed by atoms with E-state index in [-0.39, 0.29) is 41.7 Å². The highest BCUT2D eigenvalue weighted by atomic mass is 28.4. The van der Waals surface area contributed by atoms with Crippen molar-refractivity contribution < 1.29 is 28.1 Å². The first-order valence-electron chi connectivity index (χ1n) is 16.2. The highest BCUT2D eigenvalue weighted by Gasteiger charge is 2.51. The predicted octanol–water partition coefficient (Wildman–Crippen LogP) is 8.23. The summed E-state index contributed by atoms with van der Waals surface area (Å²) in [4.78, 5) is 0. The molecule has 0 aromatic heterocycles. The summed E-state index contributed by atoms with van der Waals surface area (Å²) in [6, 6.07) is 9.96. The summed E-state index contributed by atoms with van der Waals surface area (Å²) in [5.74, 6) is 4.88. The molecule has 0 N–H and O–H groups in total. The third-order valence-corrected chi connectivity index (χ3v) is 13.9. The molecule has 42 heavy (non-hydrogen) atoms. The molecule has 2 aliphatic heterocycles. The number of terminal acetylenes is 1. The molecule has 1 aromatic rings. The van der Waals surface area contributed by atoms with Crippen LogP contribution in [0.5, 0.6) is 5.75 Å². The highest BCUT2D eigenvalue weighted by Crippen LogP contribution is 2.48. The van der Waals surface area contributed by atoms with Gasteiger partial charge < -0.3 is 28.1 Å². The summed E-state index contributed by atoms with van der Waals surface area (Å²) < 4.78 is 39.0. The lowest BCUT2D eigenvalue weighted by atomic mass is 9.87. The van der Waals surface area contributed by atoms with Crippen LogP contribution in [-0.2, 0) is 23.4 Å². The van der Waals surface area contributed by atoms with Crippen molar-refractivity contribution in [2.45, 2.75) is 128 Å². The Kier molecular flexibility index (Phi) is 12.4. The van der Waals surface area contributed by atoms with Gasteiger partial charge in [0.25, 0.3) is 0 Å². The first kappa shape index (κ1) is 33.1. The topological polar surface area (TPSA) is 55.4 Å². The molecule has 0 spiro atoms. The number of rotatable bonds is 13. The van der Waals surface area contributed by atoms with Crippen LogP contribution in [0, 0.1) is 24.2 Å². The van der Waals surface area contributed by atoms with E-state index in [0.29, 0.717) is 13.0 Å². The molecule has 4 rings (SSSR count). The van der Waals surface area contributed by atoms with Crippen LogP contribution in [0.2, 0.25) is 18.1 Å². The van der Waals surface area contributed by atoms with Crippen LogP contribution < -0.4 is 4.74 Å². The van der Waals surface area contributed by atoms with Crippen molar-refractivity contribution in [2.75, 3.05) is 19.8 Å². The predicted molar refractivity (Wildman–Crippen MR) is 170 cm³/mol. The maximum absolute atomic E-state index is 7.16. The Morgan fingerprint density at radius 3 is 2.31 bits per heavy atom. The Hall–Kier alpha value is -1.82. The van der Waals surface area contributed by atoms with Gasteiger partial charge in [0, 0.05) is 31.8 Å². The third-order valence-electron chi connectivity index (χ3n) is 9.35. The number of hydrogen-bond donors (Lipinski definition) is 0. The second-order valence-electron chi connectivity index (χ2n) is 13.5. The average molecular weight is 599 g/mol. The van der Waals surface area contributed by atoms with Gasteiger partial charge in [0.1, 0.15) is 11.5 Å². The van der Waals surface area contributed by atoms with Crippen molar-refractivity contribution in [1.29, 1.82) is 0 Å². The summed E-state index contributed by atoms with van der Waals surface area (Å²) in [6.45, 7) is 13.6. The zero-order chi connectivity index (χ0) is 30.0. The quantitative estimate of drug-likeness (QED) is 0.0987. The van der Waals surface area contributed by atoms with E-state index >= 15 is 0 Å². The van der Waals surface area contributed by atoms with Crippen LogP contribution in [0.1, 0.15) is 85.0 Å². The summed E-state index contributed by atoms with van der Waals surface area (Å²) >= 11 is 0. The van der Waals surface area contributed by atoms with E-state index in [1.807, 2.05) is 30.3 Å². The molecule has 3 fully saturated rings. The minimum absolute atomic E-state index is 0.000830. The molecule has 2 unspecified atom stereocenters. The fourth-order valence-electron chi connectivity index (χ4n) is 6.02. The van der Waals surface area contributed by atoms with Gasteiger partial charge in [0.15, 0.2) is 20.9 Å². The molecule has 1 aliphatic carbocycles. The van der Waals surface area contributed by atoms with Gasteiger partial charge in [-0.3, -0.25) is 0 Å². The normalized spacial score (nSPS) is 29.2. The number of para-hydroxylation sites is 1. The molecule has 3 aliphatic rings. The molecular weight excluding hydrogens is 544 g/mol. The molecule has 6 nitrogen and oxygen atoms in total. The Balaban J connectivity index is 1.63. The molecule has 1 aromatic carbocycles. The van der Waals surface area contributed by atoms with Crippen LogP contribution in [-0.4, -0.2) is 52.9 Å². The maximum Gasteiger partial charge on any atom is 0.199 e. The smallest absolute Gasteiger partial charge is 0.199 e. The van der Waals surface area contributed by atoms with Crippen molar-refractivity contribution in [3.63, 3.8) is 0 Å². The van der Waals surface area contributed by atoms with E-state index in [9.17, 15) is 0 Å². The number of hydrogen-bond acceptors (Lipinski definition) is 6. The maximum atomic E-state index is 7.16. The number of ether oxygens (including phenoxy) is 5. The SMILES string of the molecule is C#CCC[C@H]1[C@H](C(=CCCOc2ccccc2)OC2CCCCO2)[C@H](OC2CCCCO2)C[C@H]1O[Si](C)(C)C(C)(C)C. The van der Waals surface area contributed by atoms with Gasteiger partial charge in [0.2, 0.25) is 0 Å². The molecule has 0 radical (unpaired) electrons. The van der Waals surface area contributed by atoms with E-state index in [2.05, 4.69) is 45.9 Å². The van der Waals surface area contributed by atoms with Crippen LogP contribution in [0.3, 0.4) is 0 Å². The molecule has 6 atom stereocenters. The van der Waals surface area contributed by atoms with Gasteiger partial charge in [-0.25, -0.2) is 0 Å². The molecule has 7 heteroatoms. The van der Waals surface area contributed by atoms with Crippen molar-refractivity contribution in [2.24, 2.45) is 11.8 Å². The Bertz CT molecular complexity index is 1000. The largest absolute Gasteiger partial charge is 0.493 e. The third kappa shape index (κ3) is 9.34. The van der Waals surface area contributed by atoms with E-state index < -0.39 is 8.32 Å². The lowest BCUT2D eigenvalue weighted by molar-refractivity contribution is -0.201. The van der Waals surface area contributed by atoms with E-state index in [1.165, 1.54) is 0 Å². The van der Waals surface area contributed by atoms with Gasteiger partial charge in [-0.2, -0.15) is 0 Å². The van der Waals surface area contributed by atoms with Crippen molar-refractivity contribution in [3.05, 3.63) is 42.2 Å². The summed E-state index contributed by atoms with van der Waals surface area (Å²) in [5, 5.41) is 0.102. The monoisotopic (exact) mass is 598 g/mol. The summed E-state index contributed by atoms with van der Waals surface area (Å²) in [5.41, 5.74) is 0. The first-order chi connectivity index (χ1) is 20.2. The Morgan fingerprint density at radius 1 is 1.00 bits per heavy atom. The zero-order valence-corrected chi connectivity index (χ0v) is 27.6. The van der Waals surface area contributed by atoms with Crippen LogP contribution in [0.15, 0.2) is 42.2 Å².